The van der Waals surface area contributed by atoms with Crippen molar-refractivity contribution < 1.29 is 4.79 Å². The number of anilines is 1. The summed E-state index contributed by atoms with van der Waals surface area (Å²) in [6.07, 6.45) is 1.51. The molecule has 0 bridgehead atoms. The van der Waals surface area contributed by atoms with Gasteiger partial charge in [0.15, 0.2) is 11.3 Å². The van der Waals surface area contributed by atoms with Crippen LogP contribution in [0, 0.1) is 13.8 Å². The number of benzene rings is 1. The first-order valence-corrected chi connectivity index (χ1v) is 8.75. The maximum atomic E-state index is 12.8. The summed E-state index contributed by atoms with van der Waals surface area (Å²) in [7, 11) is 0. The van der Waals surface area contributed by atoms with E-state index < -0.39 is 0 Å². The van der Waals surface area contributed by atoms with Crippen molar-refractivity contribution in [1.82, 2.24) is 19.6 Å². The van der Waals surface area contributed by atoms with Gasteiger partial charge in [0.2, 0.25) is 0 Å². The second-order valence-electron chi connectivity index (χ2n) is 6.20. The summed E-state index contributed by atoms with van der Waals surface area (Å²) >= 11 is 6.27. The number of rotatable bonds is 3. The summed E-state index contributed by atoms with van der Waals surface area (Å²) in [4.78, 5) is 21.4. The lowest BCUT2D eigenvalue weighted by atomic mass is 10.1. The molecule has 4 aromatic rings. The van der Waals surface area contributed by atoms with Crippen LogP contribution in [-0.2, 0) is 0 Å². The number of fused-ring (bicyclic) bond motifs is 1. The van der Waals surface area contributed by atoms with E-state index in [2.05, 4.69) is 20.4 Å². The zero-order valence-electron chi connectivity index (χ0n) is 14.8. The highest BCUT2D eigenvalue weighted by molar-refractivity contribution is 6.33. The number of nitrogens with one attached hydrogen (secondary N) is 1. The van der Waals surface area contributed by atoms with E-state index in [9.17, 15) is 4.79 Å². The molecule has 0 atom stereocenters. The van der Waals surface area contributed by atoms with Gasteiger partial charge in [-0.2, -0.15) is 5.10 Å². The van der Waals surface area contributed by atoms with Crippen LogP contribution < -0.4 is 5.32 Å². The van der Waals surface area contributed by atoms with Crippen molar-refractivity contribution >= 4 is 28.8 Å². The van der Waals surface area contributed by atoms with Gasteiger partial charge in [-0.3, -0.25) is 9.78 Å². The molecule has 1 aromatic carbocycles. The number of aryl methyl sites for hydroxylation is 2. The first kappa shape index (κ1) is 17.2. The Kier molecular flexibility index (Phi) is 4.33. The Hall–Kier alpha value is -3.25. The molecule has 3 heterocycles. The standard InChI is InChI=1S/C20H16ClN5O/c1-12-9-14(10-13(2)23-12)24-20(27)18-11-22-19-8-7-17(25-26(18)19)15-5-3-4-6-16(15)21/h3-11H,1-2H3,(H,23,24,27). The van der Waals surface area contributed by atoms with E-state index in [1.807, 2.05) is 56.3 Å². The molecule has 0 radical (unpaired) electrons. The molecular weight excluding hydrogens is 362 g/mol. The van der Waals surface area contributed by atoms with E-state index >= 15 is 0 Å². The van der Waals surface area contributed by atoms with Crippen molar-refractivity contribution in [2.45, 2.75) is 13.8 Å². The average Bonchev–Trinajstić information content (AvgIpc) is 3.04. The molecule has 7 heteroatoms. The van der Waals surface area contributed by atoms with E-state index in [0.717, 1.165) is 17.0 Å². The minimum atomic E-state index is -0.295. The highest BCUT2D eigenvalue weighted by Gasteiger charge is 2.15. The third-order valence-corrected chi connectivity index (χ3v) is 4.41. The number of carbonyl (C=O) groups is 1. The van der Waals surface area contributed by atoms with Gasteiger partial charge in [0, 0.05) is 22.6 Å². The normalized spacial score (nSPS) is 10.9. The molecule has 1 N–H and O–H groups in total. The number of imidazole rings is 1. The Morgan fingerprint density at radius 3 is 2.56 bits per heavy atom. The maximum Gasteiger partial charge on any atom is 0.276 e. The lowest BCUT2D eigenvalue weighted by molar-refractivity contribution is 0.102. The molecular formula is C20H16ClN5O. The van der Waals surface area contributed by atoms with Gasteiger partial charge in [-0.25, -0.2) is 9.50 Å². The van der Waals surface area contributed by atoms with Gasteiger partial charge in [0.05, 0.1) is 16.9 Å². The molecule has 0 aliphatic carbocycles. The molecule has 0 fully saturated rings. The van der Waals surface area contributed by atoms with Crippen LogP contribution in [0.4, 0.5) is 5.69 Å². The highest BCUT2D eigenvalue weighted by Crippen LogP contribution is 2.26. The van der Waals surface area contributed by atoms with Crippen LogP contribution in [0.5, 0.6) is 0 Å². The predicted molar refractivity (Wildman–Crippen MR) is 105 cm³/mol. The zero-order chi connectivity index (χ0) is 19.0. The molecule has 134 valence electrons. The number of halogens is 1. The Labute approximate surface area is 160 Å². The summed E-state index contributed by atoms with van der Waals surface area (Å²) in [5.74, 6) is -0.295. The van der Waals surface area contributed by atoms with E-state index in [1.54, 1.807) is 6.07 Å². The summed E-state index contributed by atoms with van der Waals surface area (Å²) in [5, 5.41) is 8.04. The minimum absolute atomic E-state index is 0.295. The smallest absolute Gasteiger partial charge is 0.276 e. The number of hydrogen-bond acceptors (Lipinski definition) is 4. The molecule has 27 heavy (non-hydrogen) atoms. The molecule has 4 rings (SSSR count). The van der Waals surface area contributed by atoms with Crippen molar-refractivity contribution in [3.8, 4) is 11.3 Å². The second-order valence-corrected chi connectivity index (χ2v) is 6.61. The summed E-state index contributed by atoms with van der Waals surface area (Å²) in [6, 6.07) is 14.7. The van der Waals surface area contributed by atoms with Gasteiger partial charge < -0.3 is 5.32 Å². The number of aromatic nitrogens is 4. The van der Waals surface area contributed by atoms with Gasteiger partial charge in [-0.1, -0.05) is 29.8 Å². The predicted octanol–water partition coefficient (Wildman–Crippen LogP) is 4.31. The van der Waals surface area contributed by atoms with Crippen molar-refractivity contribution in [2.75, 3.05) is 5.32 Å². The van der Waals surface area contributed by atoms with Gasteiger partial charge in [0.25, 0.3) is 5.91 Å². The van der Waals surface area contributed by atoms with Gasteiger partial charge in [-0.15, -0.1) is 0 Å². The average molecular weight is 378 g/mol. The third-order valence-electron chi connectivity index (χ3n) is 4.08. The van der Waals surface area contributed by atoms with E-state index in [0.29, 0.717) is 27.7 Å². The molecule has 3 aromatic heterocycles. The number of amides is 1. The molecule has 0 spiro atoms. The lowest BCUT2D eigenvalue weighted by Crippen LogP contribution is -2.16. The van der Waals surface area contributed by atoms with Gasteiger partial charge >= 0.3 is 0 Å². The first-order valence-electron chi connectivity index (χ1n) is 8.37. The largest absolute Gasteiger partial charge is 0.320 e. The number of nitrogens with zero attached hydrogens (tertiary/aromatic N) is 4. The van der Waals surface area contributed by atoms with Crippen LogP contribution in [0.2, 0.25) is 5.02 Å². The summed E-state index contributed by atoms with van der Waals surface area (Å²) in [5.41, 5.74) is 4.73. The Bertz CT molecular complexity index is 1150. The molecule has 0 aliphatic heterocycles. The fraction of sp³-hybridized carbons (Fsp3) is 0.100. The Balaban J connectivity index is 1.72. The zero-order valence-corrected chi connectivity index (χ0v) is 15.5. The SMILES string of the molecule is Cc1cc(NC(=O)c2cnc3ccc(-c4ccccc4Cl)nn23)cc(C)n1. The quantitative estimate of drug-likeness (QED) is 0.577. The van der Waals surface area contributed by atoms with Crippen molar-refractivity contribution in [2.24, 2.45) is 0 Å². The number of hydrogen-bond donors (Lipinski definition) is 1. The Morgan fingerprint density at radius 1 is 1.07 bits per heavy atom. The molecule has 0 saturated carbocycles. The molecule has 6 nitrogen and oxygen atoms in total. The molecule has 1 amide bonds. The molecule has 0 aliphatic rings. The van der Waals surface area contributed by atoms with E-state index in [-0.39, 0.29) is 5.91 Å². The van der Waals surface area contributed by atoms with E-state index in [4.69, 9.17) is 11.6 Å². The van der Waals surface area contributed by atoms with Crippen molar-refractivity contribution in [3.63, 3.8) is 0 Å². The van der Waals surface area contributed by atoms with Crippen molar-refractivity contribution in [1.29, 1.82) is 0 Å². The van der Waals surface area contributed by atoms with Crippen LogP contribution in [0.25, 0.3) is 16.9 Å². The summed E-state index contributed by atoms with van der Waals surface area (Å²) in [6.45, 7) is 3.77. The third kappa shape index (κ3) is 3.39. The van der Waals surface area contributed by atoms with Crippen molar-refractivity contribution in [3.05, 3.63) is 76.8 Å². The topological polar surface area (TPSA) is 72.2 Å². The summed E-state index contributed by atoms with van der Waals surface area (Å²) < 4.78 is 1.52. The highest BCUT2D eigenvalue weighted by atomic mass is 35.5. The lowest BCUT2D eigenvalue weighted by Gasteiger charge is -2.08. The van der Waals surface area contributed by atoms with Crippen LogP contribution in [0.15, 0.2) is 54.7 Å². The monoisotopic (exact) mass is 377 g/mol. The van der Waals surface area contributed by atoms with Crippen LogP contribution in [-0.4, -0.2) is 25.5 Å². The van der Waals surface area contributed by atoms with Crippen LogP contribution in [0.1, 0.15) is 21.9 Å². The minimum Gasteiger partial charge on any atom is -0.320 e. The fourth-order valence-electron chi connectivity index (χ4n) is 2.94. The van der Waals surface area contributed by atoms with Crippen LogP contribution >= 0.6 is 11.6 Å². The van der Waals surface area contributed by atoms with Crippen LogP contribution in [0.3, 0.4) is 0 Å². The number of pyridine rings is 1. The maximum absolute atomic E-state index is 12.8. The van der Waals surface area contributed by atoms with E-state index in [1.165, 1.54) is 10.7 Å². The molecule has 0 unspecified atom stereocenters. The van der Waals surface area contributed by atoms with Gasteiger partial charge in [0.1, 0.15) is 0 Å². The number of carbonyl (C=O) groups excluding carboxylic acids is 1. The van der Waals surface area contributed by atoms with Gasteiger partial charge in [-0.05, 0) is 44.2 Å². The Morgan fingerprint density at radius 2 is 1.81 bits per heavy atom. The second kappa shape index (κ2) is 6.81. The molecule has 0 saturated heterocycles. The first-order chi connectivity index (χ1) is 13.0. The fourth-order valence-corrected chi connectivity index (χ4v) is 3.18.